The maximum atomic E-state index is 6.25. The molecule has 0 aromatic carbocycles. The molecule has 2 saturated carbocycles. The van der Waals surface area contributed by atoms with Gasteiger partial charge in [0, 0.05) is 18.1 Å². The van der Waals surface area contributed by atoms with E-state index in [4.69, 9.17) is 5.73 Å². The van der Waals surface area contributed by atoms with Crippen LogP contribution in [-0.4, -0.2) is 30.1 Å². The van der Waals surface area contributed by atoms with Gasteiger partial charge in [0.05, 0.1) is 0 Å². The minimum atomic E-state index is 0.302. The summed E-state index contributed by atoms with van der Waals surface area (Å²) in [7, 11) is 2.36. The smallest absolute Gasteiger partial charge is 0.0331 e. The first-order chi connectivity index (χ1) is 9.48. The van der Waals surface area contributed by atoms with Gasteiger partial charge in [-0.25, -0.2) is 0 Å². The van der Waals surface area contributed by atoms with Crippen LogP contribution in [0.25, 0.3) is 0 Å². The van der Waals surface area contributed by atoms with Crippen molar-refractivity contribution in [2.24, 2.45) is 23.5 Å². The molecule has 20 heavy (non-hydrogen) atoms. The van der Waals surface area contributed by atoms with Crippen molar-refractivity contribution in [1.29, 1.82) is 0 Å². The Morgan fingerprint density at radius 3 is 2.05 bits per heavy atom. The van der Waals surface area contributed by atoms with Crippen LogP contribution >= 0.6 is 0 Å². The van der Waals surface area contributed by atoms with E-state index in [9.17, 15) is 0 Å². The summed E-state index contributed by atoms with van der Waals surface area (Å²) in [6.07, 6.45) is 11.0. The molecule has 0 heterocycles. The van der Waals surface area contributed by atoms with Gasteiger partial charge in [0.2, 0.25) is 0 Å². The second kappa shape index (κ2) is 6.79. The Balaban J connectivity index is 1.97. The third-order valence-corrected chi connectivity index (χ3v) is 6.57. The number of hydrogen-bond acceptors (Lipinski definition) is 2. The molecule has 0 radical (unpaired) electrons. The number of likely N-dealkylation sites (N-methyl/N-ethyl adjacent to an activating group) is 1. The predicted octanol–water partition coefficient (Wildman–Crippen LogP) is 4.04. The zero-order chi connectivity index (χ0) is 14.8. The van der Waals surface area contributed by atoms with Gasteiger partial charge in [0.15, 0.2) is 0 Å². The van der Waals surface area contributed by atoms with Gasteiger partial charge in [-0.05, 0) is 76.2 Å². The molecule has 0 amide bonds. The van der Waals surface area contributed by atoms with Crippen LogP contribution in [0.5, 0.6) is 0 Å². The average molecular weight is 280 g/mol. The van der Waals surface area contributed by atoms with Crippen LogP contribution < -0.4 is 5.73 Å². The Labute approximate surface area is 126 Å². The largest absolute Gasteiger partial charge is 0.329 e. The van der Waals surface area contributed by atoms with E-state index < -0.39 is 0 Å². The van der Waals surface area contributed by atoms with Gasteiger partial charge in [-0.3, -0.25) is 4.90 Å². The van der Waals surface area contributed by atoms with Crippen molar-refractivity contribution in [2.75, 3.05) is 13.6 Å². The van der Waals surface area contributed by atoms with Crippen LogP contribution in [0.1, 0.15) is 72.1 Å². The molecule has 0 unspecified atom stereocenters. The van der Waals surface area contributed by atoms with Crippen molar-refractivity contribution < 1.29 is 0 Å². The summed E-state index contributed by atoms with van der Waals surface area (Å²) in [5.41, 5.74) is 6.56. The minimum Gasteiger partial charge on any atom is -0.329 e. The van der Waals surface area contributed by atoms with E-state index in [-0.39, 0.29) is 0 Å². The molecule has 0 atom stereocenters. The van der Waals surface area contributed by atoms with Crippen molar-refractivity contribution in [3.05, 3.63) is 0 Å². The van der Waals surface area contributed by atoms with Gasteiger partial charge >= 0.3 is 0 Å². The van der Waals surface area contributed by atoms with Crippen LogP contribution in [0.2, 0.25) is 0 Å². The van der Waals surface area contributed by atoms with Crippen LogP contribution in [0, 0.1) is 17.8 Å². The third-order valence-electron chi connectivity index (χ3n) is 6.57. The van der Waals surface area contributed by atoms with E-state index in [0.29, 0.717) is 5.54 Å². The zero-order valence-corrected chi connectivity index (χ0v) is 14.2. The van der Waals surface area contributed by atoms with Gasteiger partial charge in [-0.2, -0.15) is 0 Å². The molecule has 0 aromatic rings. The van der Waals surface area contributed by atoms with E-state index in [2.05, 4.69) is 32.7 Å². The fraction of sp³-hybridized carbons (Fsp3) is 1.00. The highest BCUT2D eigenvalue weighted by Gasteiger charge is 2.41. The Morgan fingerprint density at radius 2 is 1.60 bits per heavy atom. The Hall–Kier alpha value is -0.0800. The maximum absolute atomic E-state index is 6.25. The summed E-state index contributed by atoms with van der Waals surface area (Å²) >= 11 is 0. The summed E-state index contributed by atoms with van der Waals surface area (Å²) < 4.78 is 0. The Morgan fingerprint density at radius 1 is 1.05 bits per heavy atom. The Kier molecular flexibility index (Phi) is 5.53. The first-order valence-electron chi connectivity index (χ1n) is 8.91. The zero-order valence-electron chi connectivity index (χ0n) is 14.2. The van der Waals surface area contributed by atoms with Crippen molar-refractivity contribution in [3.8, 4) is 0 Å². The maximum Gasteiger partial charge on any atom is 0.0331 e. The summed E-state index contributed by atoms with van der Waals surface area (Å²) in [6.45, 7) is 8.02. The van der Waals surface area contributed by atoms with Gasteiger partial charge in [-0.1, -0.05) is 20.8 Å². The van der Waals surface area contributed by atoms with Crippen LogP contribution in [0.3, 0.4) is 0 Å². The fourth-order valence-corrected chi connectivity index (χ4v) is 4.56. The van der Waals surface area contributed by atoms with Crippen LogP contribution in [0.15, 0.2) is 0 Å². The highest BCUT2D eigenvalue weighted by atomic mass is 15.2. The number of nitrogens with two attached hydrogens (primary N) is 1. The molecule has 2 heteroatoms. The molecule has 2 N–H and O–H groups in total. The van der Waals surface area contributed by atoms with E-state index >= 15 is 0 Å². The molecule has 2 rings (SSSR count). The molecule has 0 bridgehead atoms. The highest BCUT2D eigenvalue weighted by molar-refractivity contribution is 4.98. The van der Waals surface area contributed by atoms with Gasteiger partial charge < -0.3 is 5.73 Å². The Bertz CT molecular complexity index is 284. The molecule has 0 aliphatic heterocycles. The highest BCUT2D eigenvalue weighted by Crippen LogP contribution is 2.41. The summed E-state index contributed by atoms with van der Waals surface area (Å²) in [5, 5.41) is 0. The van der Waals surface area contributed by atoms with Crippen LogP contribution in [0.4, 0.5) is 0 Å². The standard InChI is InChI=1S/C18H36N2/c1-14(2)16-9-11-18(13-19,12-10-16)20(4)17-7-5-15(3)6-8-17/h14-17H,5-13,19H2,1-4H3. The molecular formula is C18H36N2. The summed E-state index contributed by atoms with van der Waals surface area (Å²) in [6, 6.07) is 0.783. The monoisotopic (exact) mass is 280 g/mol. The first-order valence-corrected chi connectivity index (χ1v) is 8.91. The lowest BCUT2D eigenvalue weighted by molar-refractivity contribution is 0.00752. The van der Waals surface area contributed by atoms with Gasteiger partial charge in [-0.15, -0.1) is 0 Å². The van der Waals surface area contributed by atoms with E-state index in [1.165, 1.54) is 51.4 Å². The van der Waals surface area contributed by atoms with Crippen molar-refractivity contribution in [2.45, 2.75) is 83.7 Å². The first kappa shape index (κ1) is 16.3. The molecule has 0 spiro atoms. The normalized spacial score (nSPS) is 39.5. The molecule has 2 aliphatic rings. The molecular weight excluding hydrogens is 244 g/mol. The minimum absolute atomic E-state index is 0.302. The topological polar surface area (TPSA) is 29.3 Å². The van der Waals surface area contributed by atoms with E-state index in [1.807, 2.05) is 0 Å². The summed E-state index contributed by atoms with van der Waals surface area (Å²) in [4.78, 5) is 2.70. The number of hydrogen-bond donors (Lipinski definition) is 1. The number of rotatable bonds is 4. The van der Waals surface area contributed by atoms with Crippen molar-refractivity contribution in [1.82, 2.24) is 4.90 Å². The molecule has 2 aliphatic carbocycles. The molecule has 118 valence electrons. The predicted molar refractivity (Wildman–Crippen MR) is 87.8 cm³/mol. The van der Waals surface area contributed by atoms with E-state index in [0.717, 1.165) is 30.3 Å². The second-order valence-electron chi connectivity index (χ2n) is 8.03. The fourth-order valence-electron chi connectivity index (χ4n) is 4.56. The van der Waals surface area contributed by atoms with Crippen molar-refractivity contribution in [3.63, 3.8) is 0 Å². The summed E-state index contributed by atoms with van der Waals surface area (Å²) in [5.74, 6) is 2.70. The molecule has 0 saturated heterocycles. The van der Waals surface area contributed by atoms with Gasteiger partial charge in [0.25, 0.3) is 0 Å². The lowest BCUT2D eigenvalue weighted by Crippen LogP contribution is -2.58. The number of nitrogens with zero attached hydrogens (tertiary/aromatic N) is 1. The molecule has 2 nitrogen and oxygen atoms in total. The molecule has 0 aromatic heterocycles. The average Bonchev–Trinajstić information content (AvgIpc) is 2.47. The lowest BCUT2D eigenvalue weighted by Gasteiger charge is -2.51. The van der Waals surface area contributed by atoms with E-state index in [1.54, 1.807) is 0 Å². The van der Waals surface area contributed by atoms with Crippen LogP contribution in [-0.2, 0) is 0 Å². The quantitative estimate of drug-likeness (QED) is 0.842. The lowest BCUT2D eigenvalue weighted by atomic mass is 9.71. The second-order valence-corrected chi connectivity index (χ2v) is 8.03. The molecule has 2 fully saturated rings. The SMILES string of the molecule is CC1CCC(N(C)C2(CN)CCC(C(C)C)CC2)CC1. The third kappa shape index (κ3) is 3.39. The van der Waals surface area contributed by atoms with Gasteiger partial charge in [0.1, 0.15) is 0 Å². The van der Waals surface area contributed by atoms with Crippen molar-refractivity contribution >= 4 is 0 Å².